The largest absolute Gasteiger partial charge is 0.461 e. The molecule has 4 aromatic rings. The molecule has 3 aromatic heterocycles. The maximum atomic E-state index is 12.9. The third-order valence-electron chi connectivity index (χ3n) is 4.62. The summed E-state index contributed by atoms with van der Waals surface area (Å²) < 4.78 is 12.9. The van der Waals surface area contributed by atoms with Gasteiger partial charge in [0.15, 0.2) is 5.65 Å². The van der Waals surface area contributed by atoms with Crippen LogP contribution in [0.15, 0.2) is 55.1 Å². The number of aliphatic hydroxyl groups excluding tert-OH is 1. The molecule has 3 heterocycles. The molecule has 0 aliphatic heterocycles. The number of carbonyl (C=O) groups excluding carboxylic acids is 1. The fourth-order valence-corrected chi connectivity index (χ4v) is 3.23. The van der Waals surface area contributed by atoms with Crippen molar-refractivity contribution in [3.8, 4) is 11.6 Å². The SMILES string of the molecule is Cc1ccc(NC(=O)[C@H](COCCO)Oc2ncnc3c2cnn3-c2ccccc2Cl)nc1. The second kappa shape index (κ2) is 10.3. The van der Waals surface area contributed by atoms with Crippen LogP contribution in [0.1, 0.15) is 5.56 Å². The minimum Gasteiger partial charge on any atom is -0.461 e. The minimum absolute atomic E-state index is 0.0551. The summed E-state index contributed by atoms with van der Waals surface area (Å²) in [7, 11) is 0. The number of halogens is 1. The Balaban J connectivity index is 1.61. The first-order valence-corrected chi connectivity index (χ1v) is 10.5. The van der Waals surface area contributed by atoms with Gasteiger partial charge in [-0.05, 0) is 30.7 Å². The number of ether oxygens (including phenoxy) is 2. The Morgan fingerprint density at radius 2 is 2.03 bits per heavy atom. The number of benzene rings is 1. The molecule has 0 saturated heterocycles. The predicted octanol–water partition coefficient (Wildman–Crippen LogP) is 2.57. The van der Waals surface area contributed by atoms with Crippen molar-refractivity contribution >= 4 is 34.4 Å². The van der Waals surface area contributed by atoms with Gasteiger partial charge in [0.25, 0.3) is 5.91 Å². The van der Waals surface area contributed by atoms with Crippen LogP contribution in [0.2, 0.25) is 5.02 Å². The van der Waals surface area contributed by atoms with Crippen LogP contribution in [0.4, 0.5) is 5.82 Å². The maximum absolute atomic E-state index is 12.9. The first-order chi connectivity index (χ1) is 16.1. The number of pyridine rings is 1. The Kier molecular flexibility index (Phi) is 7.08. The fraction of sp³-hybridized carbons (Fsp3) is 0.227. The van der Waals surface area contributed by atoms with Crippen LogP contribution in [0.25, 0.3) is 16.7 Å². The number of para-hydroxylation sites is 1. The summed E-state index contributed by atoms with van der Waals surface area (Å²) in [6.45, 7) is 1.66. The number of amides is 1. The van der Waals surface area contributed by atoms with E-state index in [2.05, 4.69) is 25.4 Å². The second-order valence-corrected chi connectivity index (χ2v) is 7.45. The van der Waals surface area contributed by atoms with E-state index >= 15 is 0 Å². The second-order valence-electron chi connectivity index (χ2n) is 7.04. The number of aromatic nitrogens is 5. The van der Waals surface area contributed by atoms with Gasteiger partial charge >= 0.3 is 0 Å². The normalized spacial score (nSPS) is 12.0. The molecular formula is C22H21ClN6O4. The number of nitrogens with zero attached hydrogens (tertiary/aromatic N) is 5. The van der Waals surface area contributed by atoms with Gasteiger partial charge in [0.1, 0.15) is 17.5 Å². The lowest BCUT2D eigenvalue weighted by Gasteiger charge is -2.18. The zero-order chi connectivity index (χ0) is 23.2. The summed E-state index contributed by atoms with van der Waals surface area (Å²) >= 11 is 6.31. The van der Waals surface area contributed by atoms with Gasteiger partial charge < -0.3 is 19.9 Å². The highest BCUT2D eigenvalue weighted by atomic mass is 35.5. The van der Waals surface area contributed by atoms with E-state index < -0.39 is 12.0 Å². The van der Waals surface area contributed by atoms with E-state index in [9.17, 15) is 4.79 Å². The Morgan fingerprint density at radius 3 is 2.79 bits per heavy atom. The van der Waals surface area contributed by atoms with Gasteiger partial charge in [-0.15, -0.1) is 0 Å². The van der Waals surface area contributed by atoms with Crippen LogP contribution < -0.4 is 10.1 Å². The lowest BCUT2D eigenvalue weighted by molar-refractivity contribution is -0.125. The number of hydrogen-bond donors (Lipinski definition) is 2. The molecule has 1 atom stereocenters. The number of carbonyl (C=O) groups is 1. The number of aryl methyl sites for hydroxylation is 1. The zero-order valence-corrected chi connectivity index (χ0v) is 18.4. The highest BCUT2D eigenvalue weighted by Crippen LogP contribution is 2.27. The van der Waals surface area contributed by atoms with Crippen LogP contribution in [0.5, 0.6) is 5.88 Å². The third-order valence-corrected chi connectivity index (χ3v) is 4.94. The van der Waals surface area contributed by atoms with Gasteiger partial charge in [-0.2, -0.15) is 5.10 Å². The lowest BCUT2D eigenvalue weighted by Crippen LogP contribution is -2.37. The van der Waals surface area contributed by atoms with Gasteiger partial charge in [0, 0.05) is 6.20 Å². The first-order valence-electron chi connectivity index (χ1n) is 10.1. The van der Waals surface area contributed by atoms with Crippen molar-refractivity contribution in [3.63, 3.8) is 0 Å². The van der Waals surface area contributed by atoms with E-state index in [0.29, 0.717) is 27.6 Å². The molecule has 0 fully saturated rings. The van der Waals surface area contributed by atoms with Crippen LogP contribution in [0.3, 0.4) is 0 Å². The summed E-state index contributed by atoms with van der Waals surface area (Å²) in [6.07, 6.45) is 3.43. The molecule has 0 unspecified atom stereocenters. The molecule has 1 aromatic carbocycles. The number of fused-ring (bicyclic) bond motifs is 1. The molecule has 1 amide bonds. The van der Waals surface area contributed by atoms with Gasteiger partial charge in [-0.25, -0.2) is 19.6 Å². The molecule has 0 spiro atoms. The molecule has 0 aliphatic carbocycles. The van der Waals surface area contributed by atoms with Crippen molar-refractivity contribution in [1.82, 2.24) is 24.7 Å². The van der Waals surface area contributed by atoms with Crippen molar-refractivity contribution in [2.75, 3.05) is 25.1 Å². The lowest BCUT2D eigenvalue weighted by atomic mass is 10.3. The monoisotopic (exact) mass is 468 g/mol. The van der Waals surface area contributed by atoms with Gasteiger partial charge in [-0.1, -0.05) is 29.8 Å². The predicted molar refractivity (Wildman–Crippen MR) is 122 cm³/mol. The van der Waals surface area contributed by atoms with Crippen LogP contribution >= 0.6 is 11.6 Å². The van der Waals surface area contributed by atoms with Crippen molar-refractivity contribution in [3.05, 3.63) is 65.7 Å². The Bertz CT molecular complexity index is 1250. The Hall–Kier alpha value is -3.60. The standard InChI is InChI=1S/C22H21ClN6O4/c1-14-6-7-19(24-10-14)28-21(31)18(12-32-9-8-30)33-22-15-11-27-29(20(15)25-13-26-22)17-5-3-2-4-16(17)23/h2-7,10-11,13,18,30H,8-9,12H2,1H3,(H,24,28,31)/t18-/m0/s1. The van der Waals surface area contributed by atoms with E-state index in [1.54, 1.807) is 29.2 Å². The van der Waals surface area contributed by atoms with Crippen molar-refractivity contribution in [2.24, 2.45) is 0 Å². The molecule has 0 aliphatic rings. The van der Waals surface area contributed by atoms with Crippen LogP contribution in [-0.4, -0.2) is 61.7 Å². The van der Waals surface area contributed by atoms with E-state index in [1.165, 1.54) is 6.33 Å². The van der Waals surface area contributed by atoms with E-state index in [-0.39, 0.29) is 25.7 Å². The number of anilines is 1. The van der Waals surface area contributed by atoms with Crippen molar-refractivity contribution in [1.29, 1.82) is 0 Å². The minimum atomic E-state index is -1.07. The van der Waals surface area contributed by atoms with Crippen molar-refractivity contribution < 1.29 is 19.4 Å². The highest BCUT2D eigenvalue weighted by molar-refractivity contribution is 6.32. The summed E-state index contributed by atoms with van der Waals surface area (Å²) in [5.74, 6) is 0.0539. The molecule has 170 valence electrons. The summed E-state index contributed by atoms with van der Waals surface area (Å²) in [5, 5.41) is 17.1. The molecule has 11 heteroatoms. The zero-order valence-electron chi connectivity index (χ0n) is 17.7. The van der Waals surface area contributed by atoms with E-state index in [1.807, 2.05) is 31.2 Å². The van der Waals surface area contributed by atoms with E-state index in [4.69, 9.17) is 26.2 Å². The topological polar surface area (TPSA) is 124 Å². The number of nitrogens with one attached hydrogen (secondary N) is 1. The molecule has 0 saturated carbocycles. The first kappa shape index (κ1) is 22.6. The average Bonchev–Trinajstić information content (AvgIpc) is 3.25. The van der Waals surface area contributed by atoms with Crippen LogP contribution in [0, 0.1) is 6.92 Å². The Labute approximate surface area is 194 Å². The molecule has 2 N–H and O–H groups in total. The van der Waals surface area contributed by atoms with Gasteiger partial charge in [-0.3, -0.25) is 4.79 Å². The highest BCUT2D eigenvalue weighted by Gasteiger charge is 2.24. The van der Waals surface area contributed by atoms with E-state index in [0.717, 1.165) is 5.56 Å². The fourth-order valence-electron chi connectivity index (χ4n) is 3.02. The summed E-state index contributed by atoms with van der Waals surface area (Å²) in [5.41, 5.74) is 2.07. The quantitative estimate of drug-likeness (QED) is 0.359. The molecule has 0 radical (unpaired) electrons. The molecule has 33 heavy (non-hydrogen) atoms. The van der Waals surface area contributed by atoms with Gasteiger partial charge in [0.05, 0.1) is 36.7 Å². The maximum Gasteiger partial charge on any atom is 0.269 e. The Morgan fingerprint density at radius 1 is 1.18 bits per heavy atom. The van der Waals surface area contributed by atoms with Crippen molar-refractivity contribution in [2.45, 2.75) is 13.0 Å². The third kappa shape index (κ3) is 5.25. The summed E-state index contributed by atoms with van der Waals surface area (Å²) in [6, 6.07) is 10.7. The van der Waals surface area contributed by atoms with Crippen LogP contribution in [-0.2, 0) is 9.53 Å². The van der Waals surface area contributed by atoms with Gasteiger partial charge in [0.2, 0.25) is 12.0 Å². The number of hydrogen-bond acceptors (Lipinski definition) is 8. The average molecular weight is 469 g/mol. The summed E-state index contributed by atoms with van der Waals surface area (Å²) in [4.78, 5) is 25.6. The molecular weight excluding hydrogens is 448 g/mol. The number of aliphatic hydroxyl groups is 1. The molecule has 4 rings (SSSR count). The molecule has 10 nitrogen and oxygen atoms in total. The smallest absolute Gasteiger partial charge is 0.269 e. The molecule has 0 bridgehead atoms. The number of rotatable bonds is 9.